The van der Waals surface area contributed by atoms with Gasteiger partial charge in [0.1, 0.15) is 10.1 Å². The van der Waals surface area contributed by atoms with Gasteiger partial charge >= 0.3 is 5.97 Å². The first-order valence-corrected chi connectivity index (χ1v) is 14.3. The highest BCUT2D eigenvalue weighted by Gasteiger charge is 2.31. The molecule has 0 saturated carbocycles. The van der Waals surface area contributed by atoms with Gasteiger partial charge in [0.05, 0.1) is 18.6 Å². The zero-order valence-electron chi connectivity index (χ0n) is 21.4. The molecule has 1 heterocycles. The van der Waals surface area contributed by atoms with Gasteiger partial charge in [-0.2, -0.15) is 0 Å². The van der Waals surface area contributed by atoms with Crippen molar-refractivity contribution >= 4 is 46.3 Å². The largest absolute Gasteiger partial charge is 0.497 e. The number of thiocarbonyl (C=S) groups is 1. The number of esters is 1. The van der Waals surface area contributed by atoms with Crippen LogP contribution in [0.3, 0.4) is 0 Å². The van der Waals surface area contributed by atoms with Crippen LogP contribution < -0.4 is 4.74 Å². The number of carbonyl (C=O) groups is 2. The Bertz CT molecular complexity index is 823. The van der Waals surface area contributed by atoms with E-state index < -0.39 is 0 Å². The lowest BCUT2D eigenvalue weighted by atomic mass is 10.1. The topological polar surface area (TPSA) is 55.8 Å². The van der Waals surface area contributed by atoms with Gasteiger partial charge in [-0.05, 0) is 43.0 Å². The van der Waals surface area contributed by atoms with E-state index >= 15 is 0 Å². The molecule has 0 atom stereocenters. The number of thioether (sulfide) groups is 1. The van der Waals surface area contributed by atoms with Crippen LogP contribution in [0.2, 0.25) is 0 Å². The van der Waals surface area contributed by atoms with E-state index in [0.29, 0.717) is 28.8 Å². The number of ether oxygens (including phenoxy) is 2. The number of amides is 1. The minimum Gasteiger partial charge on any atom is -0.497 e. The summed E-state index contributed by atoms with van der Waals surface area (Å²) >= 11 is 6.75. The standard InChI is InChI=1S/C28H41NO4S2/c1-3-4-5-6-7-8-9-10-14-21-33-26(30)15-12-11-13-20-29-27(31)25(35-28(29)34)22-23-16-18-24(32-2)19-17-23/h16-19,22H,3-15,20-21H2,1-2H3/b25-22-. The van der Waals surface area contributed by atoms with E-state index in [9.17, 15) is 9.59 Å². The molecule has 2 rings (SSSR count). The van der Waals surface area contributed by atoms with Crippen molar-refractivity contribution in [1.29, 1.82) is 0 Å². The third-order valence-corrected chi connectivity index (χ3v) is 7.44. The Hall–Kier alpha value is -1.86. The Kier molecular flexibility index (Phi) is 14.7. The molecule has 7 heteroatoms. The number of hydrogen-bond donors (Lipinski definition) is 0. The van der Waals surface area contributed by atoms with Crippen molar-refractivity contribution in [2.24, 2.45) is 0 Å². The summed E-state index contributed by atoms with van der Waals surface area (Å²) in [5.41, 5.74) is 0.937. The van der Waals surface area contributed by atoms with Crippen molar-refractivity contribution in [3.05, 3.63) is 34.7 Å². The average Bonchev–Trinajstić information content (AvgIpc) is 3.12. The highest BCUT2D eigenvalue weighted by molar-refractivity contribution is 8.26. The first-order chi connectivity index (χ1) is 17.0. The Labute approximate surface area is 221 Å². The zero-order chi connectivity index (χ0) is 25.3. The summed E-state index contributed by atoms with van der Waals surface area (Å²) in [6.45, 7) is 3.36. The summed E-state index contributed by atoms with van der Waals surface area (Å²) in [4.78, 5) is 27.0. The summed E-state index contributed by atoms with van der Waals surface area (Å²) in [5, 5.41) is 0. The Morgan fingerprint density at radius 2 is 1.57 bits per heavy atom. The molecule has 194 valence electrons. The first kappa shape index (κ1) is 29.4. The summed E-state index contributed by atoms with van der Waals surface area (Å²) in [6.07, 6.45) is 16.0. The fraction of sp³-hybridized carbons (Fsp3) is 0.607. The highest BCUT2D eigenvalue weighted by atomic mass is 32.2. The minimum absolute atomic E-state index is 0.0452. The molecule has 0 spiro atoms. The highest BCUT2D eigenvalue weighted by Crippen LogP contribution is 2.33. The van der Waals surface area contributed by atoms with Gasteiger partial charge in [0.25, 0.3) is 5.91 Å². The normalized spacial score (nSPS) is 14.7. The van der Waals surface area contributed by atoms with Crippen molar-refractivity contribution in [1.82, 2.24) is 4.90 Å². The second-order valence-electron chi connectivity index (χ2n) is 8.97. The predicted molar refractivity (Wildman–Crippen MR) is 150 cm³/mol. The van der Waals surface area contributed by atoms with E-state index in [4.69, 9.17) is 21.7 Å². The first-order valence-electron chi connectivity index (χ1n) is 13.1. The van der Waals surface area contributed by atoms with Crippen molar-refractivity contribution in [2.75, 3.05) is 20.3 Å². The lowest BCUT2D eigenvalue weighted by molar-refractivity contribution is -0.144. The third kappa shape index (κ3) is 11.6. The SMILES string of the molecule is CCCCCCCCCCCOC(=O)CCCCCN1C(=O)/C(=C/c2ccc(OC)cc2)SC1=S. The van der Waals surface area contributed by atoms with E-state index in [2.05, 4.69) is 6.92 Å². The average molecular weight is 520 g/mol. The van der Waals surface area contributed by atoms with Gasteiger partial charge in [-0.1, -0.05) is 101 Å². The molecule has 1 saturated heterocycles. The number of carbonyl (C=O) groups excluding carboxylic acids is 2. The van der Waals surface area contributed by atoms with Crippen LogP contribution in [0.1, 0.15) is 96.0 Å². The molecule has 35 heavy (non-hydrogen) atoms. The van der Waals surface area contributed by atoms with Crippen LogP contribution in [-0.2, 0) is 14.3 Å². The fourth-order valence-corrected chi connectivity index (χ4v) is 5.24. The van der Waals surface area contributed by atoms with E-state index in [1.807, 2.05) is 30.3 Å². The van der Waals surface area contributed by atoms with E-state index in [1.165, 1.54) is 56.7 Å². The quantitative estimate of drug-likeness (QED) is 0.0865. The van der Waals surface area contributed by atoms with Crippen LogP contribution in [0.5, 0.6) is 5.75 Å². The molecule has 0 radical (unpaired) electrons. The number of benzene rings is 1. The van der Waals surface area contributed by atoms with Gasteiger partial charge in [0, 0.05) is 13.0 Å². The molecule has 0 bridgehead atoms. The van der Waals surface area contributed by atoms with Gasteiger partial charge in [-0.25, -0.2) is 0 Å². The summed E-state index contributed by atoms with van der Waals surface area (Å²) < 4.78 is 11.1. The van der Waals surface area contributed by atoms with E-state index in [-0.39, 0.29) is 11.9 Å². The van der Waals surface area contributed by atoms with Crippen molar-refractivity contribution < 1.29 is 19.1 Å². The van der Waals surface area contributed by atoms with E-state index in [0.717, 1.165) is 43.4 Å². The van der Waals surface area contributed by atoms with Gasteiger partial charge in [0.2, 0.25) is 0 Å². The molecule has 0 N–H and O–H groups in total. The monoisotopic (exact) mass is 519 g/mol. The van der Waals surface area contributed by atoms with E-state index in [1.54, 1.807) is 12.0 Å². The minimum atomic E-state index is -0.113. The van der Waals surface area contributed by atoms with Crippen LogP contribution >= 0.6 is 24.0 Å². The summed E-state index contributed by atoms with van der Waals surface area (Å²) in [6, 6.07) is 7.57. The molecule has 1 amide bonds. The molecule has 1 aromatic rings. The van der Waals surface area contributed by atoms with Crippen molar-refractivity contribution in [3.63, 3.8) is 0 Å². The number of methoxy groups -OCH3 is 1. The summed E-state index contributed by atoms with van der Waals surface area (Å²) in [7, 11) is 1.63. The molecule has 1 fully saturated rings. The second kappa shape index (κ2) is 17.6. The Morgan fingerprint density at radius 1 is 0.943 bits per heavy atom. The Balaban J connectivity index is 1.53. The van der Waals surface area contributed by atoms with Gasteiger partial charge < -0.3 is 9.47 Å². The van der Waals surface area contributed by atoms with Crippen LogP contribution in [0.15, 0.2) is 29.2 Å². The van der Waals surface area contributed by atoms with Crippen LogP contribution in [-0.4, -0.2) is 41.4 Å². The zero-order valence-corrected chi connectivity index (χ0v) is 23.0. The van der Waals surface area contributed by atoms with Crippen molar-refractivity contribution in [2.45, 2.75) is 90.4 Å². The smallest absolute Gasteiger partial charge is 0.305 e. The molecule has 0 aromatic heterocycles. The number of nitrogens with zero attached hydrogens (tertiary/aromatic N) is 1. The summed E-state index contributed by atoms with van der Waals surface area (Å²) in [5.74, 6) is 0.621. The number of unbranched alkanes of at least 4 members (excludes halogenated alkanes) is 10. The molecule has 1 aliphatic rings. The fourth-order valence-electron chi connectivity index (χ4n) is 3.93. The molecule has 0 aliphatic carbocycles. The third-order valence-electron chi connectivity index (χ3n) is 6.06. The molecular formula is C28H41NO4S2. The number of hydrogen-bond acceptors (Lipinski definition) is 6. The maximum absolute atomic E-state index is 12.7. The molecule has 5 nitrogen and oxygen atoms in total. The molecule has 1 aromatic carbocycles. The predicted octanol–water partition coefficient (Wildman–Crippen LogP) is 7.53. The second-order valence-corrected chi connectivity index (χ2v) is 10.6. The molecular weight excluding hydrogens is 478 g/mol. The lowest BCUT2D eigenvalue weighted by Gasteiger charge is -2.14. The van der Waals surface area contributed by atoms with Crippen LogP contribution in [0.4, 0.5) is 0 Å². The van der Waals surface area contributed by atoms with Crippen molar-refractivity contribution in [3.8, 4) is 5.75 Å². The maximum atomic E-state index is 12.7. The van der Waals surface area contributed by atoms with Gasteiger partial charge in [0.15, 0.2) is 0 Å². The van der Waals surface area contributed by atoms with Crippen LogP contribution in [0.25, 0.3) is 6.08 Å². The van der Waals surface area contributed by atoms with Gasteiger partial charge in [-0.15, -0.1) is 0 Å². The van der Waals surface area contributed by atoms with Gasteiger partial charge in [-0.3, -0.25) is 14.5 Å². The van der Waals surface area contributed by atoms with Crippen LogP contribution in [0, 0.1) is 0 Å². The molecule has 1 aliphatic heterocycles. The Morgan fingerprint density at radius 3 is 2.23 bits per heavy atom. The maximum Gasteiger partial charge on any atom is 0.305 e. The molecule has 0 unspecified atom stereocenters. The lowest BCUT2D eigenvalue weighted by Crippen LogP contribution is -2.29. The number of rotatable bonds is 18.